The molecule has 5 rings (SSSR count). The molecule has 3 aliphatic heterocycles. The maximum atomic E-state index is 11.1. The van der Waals surface area contributed by atoms with Crippen molar-refractivity contribution in [3.05, 3.63) is 12.3 Å². The van der Waals surface area contributed by atoms with Crippen LogP contribution in [0, 0.1) is 28.6 Å². The van der Waals surface area contributed by atoms with Gasteiger partial charge in [-0.3, -0.25) is 0 Å². The van der Waals surface area contributed by atoms with Gasteiger partial charge >= 0.3 is 0 Å². The van der Waals surface area contributed by atoms with Crippen molar-refractivity contribution in [2.24, 2.45) is 28.6 Å². The van der Waals surface area contributed by atoms with Crippen LogP contribution < -0.4 is 0 Å². The van der Waals surface area contributed by atoms with Gasteiger partial charge in [-0.05, 0) is 43.6 Å². The zero-order valence-electron chi connectivity index (χ0n) is 15.5. The van der Waals surface area contributed by atoms with E-state index in [9.17, 15) is 15.3 Å². The molecule has 0 aromatic carbocycles. The summed E-state index contributed by atoms with van der Waals surface area (Å²) in [4.78, 5) is 0. The number of epoxide rings is 1. The van der Waals surface area contributed by atoms with Crippen LogP contribution in [-0.4, -0.2) is 58.7 Å². The Hall–Kier alpha value is -0.660. The molecule has 26 heavy (non-hydrogen) atoms. The van der Waals surface area contributed by atoms with Gasteiger partial charge in [0.15, 0.2) is 0 Å². The van der Waals surface area contributed by atoms with Gasteiger partial charge in [0.25, 0.3) is 0 Å². The van der Waals surface area contributed by atoms with Gasteiger partial charge < -0.3 is 29.5 Å². The smallest absolute Gasteiger partial charge is 0.205 e. The Morgan fingerprint density at radius 2 is 1.92 bits per heavy atom. The van der Waals surface area contributed by atoms with Crippen molar-refractivity contribution in [3.63, 3.8) is 0 Å². The number of aliphatic hydroxyl groups is 3. The van der Waals surface area contributed by atoms with Crippen molar-refractivity contribution in [2.75, 3.05) is 13.2 Å². The first kappa shape index (κ1) is 17.4. The van der Waals surface area contributed by atoms with Crippen LogP contribution in [0.2, 0.25) is 0 Å². The van der Waals surface area contributed by atoms with Gasteiger partial charge in [-0.15, -0.1) is 0 Å². The monoisotopic (exact) mass is 366 g/mol. The topological polar surface area (TPSA) is 91.7 Å². The predicted molar refractivity (Wildman–Crippen MR) is 91.8 cm³/mol. The summed E-state index contributed by atoms with van der Waals surface area (Å²) in [5.41, 5.74) is -1.86. The van der Waals surface area contributed by atoms with Crippen LogP contribution in [-0.2, 0) is 14.2 Å². The van der Waals surface area contributed by atoms with Crippen LogP contribution in [0.25, 0.3) is 0 Å². The van der Waals surface area contributed by atoms with E-state index in [-0.39, 0.29) is 42.2 Å². The highest BCUT2D eigenvalue weighted by Crippen LogP contribution is 2.69. The minimum atomic E-state index is -0.830. The van der Waals surface area contributed by atoms with Gasteiger partial charge in [-0.25, -0.2) is 0 Å². The Morgan fingerprint density at radius 3 is 2.58 bits per heavy atom. The molecular weight excluding hydrogens is 336 g/mol. The second kappa shape index (κ2) is 5.45. The van der Waals surface area contributed by atoms with E-state index in [2.05, 4.69) is 19.9 Å². The molecule has 6 nitrogen and oxygen atoms in total. The van der Waals surface area contributed by atoms with E-state index >= 15 is 0 Å². The molecule has 0 radical (unpaired) electrons. The number of fused-ring (bicyclic) bond motifs is 3. The Labute approximate surface area is 154 Å². The summed E-state index contributed by atoms with van der Waals surface area (Å²) < 4.78 is 17.7. The second-order valence-electron chi connectivity index (χ2n) is 9.40. The van der Waals surface area contributed by atoms with Crippen molar-refractivity contribution in [1.82, 2.24) is 0 Å². The summed E-state index contributed by atoms with van der Waals surface area (Å²) in [7, 11) is 0. The summed E-state index contributed by atoms with van der Waals surface area (Å²) >= 11 is 0. The lowest BCUT2D eigenvalue weighted by Crippen LogP contribution is -2.71. The third-order valence-electron chi connectivity index (χ3n) is 8.74. The molecule has 146 valence electrons. The van der Waals surface area contributed by atoms with Crippen LogP contribution in [0.3, 0.4) is 0 Å². The van der Waals surface area contributed by atoms with Crippen molar-refractivity contribution in [1.29, 1.82) is 0 Å². The summed E-state index contributed by atoms with van der Waals surface area (Å²) in [6, 6.07) is 0. The molecule has 0 aromatic rings. The van der Waals surface area contributed by atoms with Crippen molar-refractivity contribution in [2.45, 2.75) is 69.7 Å². The molecule has 1 spiro atoms. The molecule has 0 unspecified atom stereocenters. The maximum absolute atomic E-state index is 11.1. The Kier molecular flexibility index (Phi) is 3.65. The highest BCUT2D eigenvalue weighted by atomic mass is 16.7. The van der Waals surface area contributed by atoms with E-state index in [1.165, 1.54) is 0 Å². The molecule has 2 saturated heterocycles. The number of ether oxygens (including phenoxy) is 3. The van der Waals surface area contributed by atoms with Gasteiger partial charge in [-0.1, -0.05) is 13.8 Å². The third-order valence-corrected chi connectivity index (χ3v) is 8.74. The molecule has 5 aliphatic rings. The Bertz CT molecular complexity index is 617. The maximum Gasteiger partial charge on any atom is 0.205 e. The minimum Gasteiger partial charge on any atom is -0.472 e. The number of hydrogen-bond donors (Lipinski definition) is 3. The highest BCUT2D eigenvalue weighted by Gasteiger charge is 2.77. The lowest BCUT2D eigenvalue weighted by Gasteiger charge is -2.64. The highest BCUT2D eigenvalue weighted by molar-refractivity contribution is 5.25. The lowest BCUT2D eigenvalue weighted by molar-refractivity contribution is -0.261. The summed E-state index contributed by atoms with van der Waals surface area (Å²) in [5.74, 6) is 0.540. The van der Waals surface area contributed by atoms with Gasteiger partial charge in [0.1, 0.15) is 5.60 Å². The number of rotatable bonds is 2. The van der Waals surface area contributed by atoms with Crippen LogP contribution in [0.5, 0.6) is 0 Å². The van der Waals surface area contributed by atoms with Gasteiger partial charge in [0, 0.05) is 11.3 Å². The summed E-state index contributed by atoms with van der Waals surface area (Å²) in [5, 5.41) is 32.3. The van der Waals surface area contributed by atoms with E-state index in [1.54, 1.807) is 6.26 Å². The average Bonchev–Trinajstić information content (AvgIpc) is 3.10. The van der Waals surface area contributed by atoms with Crippen LogP contribution in [0.1, 0.15) is 39.5 Å². The lowest BCUT2D eigenvalue weighted by atomic mass is 9.42. The first-order valence-corrected chi connectivity index (χ1v) is 9.98. The molecule has 0 bridgehead atoms. The molecule has 3 N–H and O–H groups in total. The molecule has 2 aliphatic carbocycles. The second-order valence-corrected chi connectivity index (χ2v) is 9.40. The Morgan fingerprint density at radius 1 is 1.15 bits per heavy atom. The van der Waals surface area contributed by atoms with Gasteiger partial charge in [0.05, 0.1) is 43.2 Å². The largest absolute Gasteiger partial charge is 0.472 e. The van der Waals surface area contributed by atoms with E-state index in [1.807, 2.05) is 0 Å². The average molecular weight is 366 g/mol. The molecule has 0 aromatic heterocycles. The number of aliphatic hydroxyl groups excluding tert-OH is 3. The minimum absolute atomic E-state index is 0.00641. The summed E-state index contributed by atoms with van der Waals surface area (Å²) in [6.45, 7) is 4.68. The van der Waals surface area contributed by atoms with E-state index in [4.69, 9.17) is 14.2 Å². The van der Waals surface area contributed by atoms with E-state index < -0.39 is 23.2 Å². The number of hydrogen-bond acceptors (Lipinski definition) is 6. The van der Waals surface area contributed by atoms with E-state index in [0.29, 0.717) is 19.4 Å². The Balaban J connectivity index is 1.57. The molecule has 2 saturated carbocycles. The third kappa shape index (κ3) is 1.85. The predicted octanol–water partition coefficient (Wildman–Crippen LogP) is 1.19. The SMILES string of the molecule is C[C@@H]1C[C@H](O)[C@]2(CO)[C@H](CC[C@H](O)[C@]23CO3)[C@@]1(C)[C@@H]1C[C@H]2C=CO[C@H]2O1. The quantitative estimate of drug-likeness (QED) is 0.636. The van der Waals surface area contributed by atoms with Crippen molar-refractivity contribution < 1.29 is 29.5 Å². The zero-order valence-corrected chi connectivity index (χ0v) is 15.5. The summed E-state index contributed by atoms with van der Waals surface area (Å²) in [6.07, 6.45) is 5.16. The van der Waals surface area contributed by atoms with Gasteiger partial charge in [0.2, 0.25) is 6.29 Å². The van der Waals surface area contributed by atoms with Crippen LogP contribution in [0.15, 0.2) is 12.3 Å². The molecule has 4 fully saturated rings. The first-order valence-electron chi connectivity index (χ1n) is 9.98. The molecule has 10 atom stereocenters. The molecular formula is C20H30O6. The fraction of sp³-hybridized carbons (Fsp3) is 0.900. The van der Waals surface area contributed by atoms with E-state index in [0.717, 1.165) is 12.8 Å². The van der Waals surface area contributed by atoms with Crippen molar-refractivity contribution in [3.8, 4) is 0 Å². The first-order chi connectivity index (χ1) is 12.4. The molecule has 0 amide bonds. The van der Waals surface area contributed by atoms with Gasteiger partial charge in [-0.2, -0.15) is 0 Å². The normalized spacial score (nSPS) is 60.6. The fourth-order valence-corrected chi connectivity index (χ4v) is 6.98. The standard InChI is InChI=1S/C20H30O6/c1-11-7-15(23)19(9-21)13(3-4-14(22)20(19)10-25-20)18(11,2)16-8-12-5-6-24-17(12)26-16/h5-6,11-17,21-23H,3-4,7-10H2,1-2H3/t11-,12-,13-,14+,15+,16+,17+,18+,19+,20-/m1/s1. The zero-order chi connectivity index (χ0) is 18.3. The fourth-order valence-electron chi connectivity index (χ4n) is 6.98. The van der Waals surface area contributed by atoms with Crippen LogP contribution >= 0.6 is 0 Å². The van der Waals surface area contributed by atoms with Crippen LogP contribution in [0.4, 0.5) is 0 Å². The molecule has 3 heterocycles. The molecule has 6 heteroatoms. The van der Waals surface area contributed by atoms with Crippen molar-refractivity contribution >= 4 is 0 Å².